The Balaban J connectivity index is 2.11. The largest absolute Gasteiger partial charge is 0.497 e. The lowest BCUT2D eigenvalue weighted by atomic mass is 10.1. The Morgan fingerprint density at radius 3 is 2.45 bits per heavy atom. The molecule has 2 aromatic rings. The Bertz CT molecular complexity index is 694. The summed E-state index contributed by atoms with van der Waals surface area (Å²) >= 11 is 1.03. The van der Waals surface area contributed by atoms with Crippen LogP contribution in [0.4, 0.5) is 5.69 Å². The van der Waals surface area contributed by atoms with E-state index >= 15 is 0 Å². The second-order valence-corrected chi connectivity index (χ2v) is 5.74. The molecule has 6 nitrogen and oxygen atoms in total. The first-order chi connectivity index (χ1) is 10.4. The number of aryl methyl sites for hydroxylation is 1. The summed E-state index contributed by atoms with van der Waals surface area (Å²) in [5.74, 6) is -1.09. The molecular formula is C15H16N2O4S. The highest BCUT2D eigenvalue weighted by molar-refractivity contribution is 7.13. The molecule has 7 heteroatoms. The third kappa shape index (κ3) is 3.43. The molecule has 2 N–H and O–H groups in total. The first-order valence-electron chi connectivity index (χ1n) is 6.58. The van der Waals surface area contributed by atoms with E-state index < -0.39 is 11.9 Å². The number of ether oxygens (including phenoxy) is 1. The number of anilines is 1. The molecule has 0 fully saturated rings. The first kappa shape index (κ1) is 16.0. The van der Waals surface area contributed by atoms with Gasteiger partial charge < -0.3 is 15.2 Å². The van der Waals surface area contributed by atoms with Gasteiger partial charge in [0.15, 0.2) is 0 Å². The zero-order valence-electron chi connectivity index (χ0n) is 12.4. The number of carboxylic acid groups (broad SMARTS) is 1. The number of benzene rings is 1. The van der Waals surface area contributed by atoms with Crippen LogP contribution in [0.25, 0.3) is 0 Å². The molecule has 0 saturated heterocycles. The van der Waals surface area contributed by atoms with E-state index in [1.807, 2.05) is 0 Å². The highest BCUT2D eigenvalue weighted by Gasteiger charge is 2.22. The minimum Gasteiger partial charge on any atom is -0.497 e. The lowest BCUT2D eigenvalue weighted by molar-refractivity contribution is -0.117. The second-order valence-electron chi connectivity index (χ2n) is 4.71. The number of aromatic nitrogens is 1. The Labute approximate surface area is 131 Å². The van der Waals surface area contributed by atoms with Crippen LogP contribution in [-0.2, 0) is 4.79 Å². The topological polar surface area (TPSA) is 88.5 Å². The zero-order chi connectivity index (χ0) is 16.3. The van der Waals surface area contributed by atoms with Gasteiger partial charge in [-0.2, -0.15) is 0 Å². The van der Waals surface area contributed by atoms with Gasteiger partial charge in [-0.3, -0.25) is 4.79 Å². The summed E-state index contributed by atoms with van der Waals surface area (Å²) in [5.41, 5.74) is 1.07. The van der Waals surface area contributed by atoms with E-state index in [9.17, 15) is 9.59 Å². The van der Waals surface area contributed by atoms with E-state index in [4.69, 9.17) is 9.84 Å². The molecule has 1 amide bonds. The average molecular weight is 320 g/mol. The third-order valence-corrected chi connectivity index (χ3v) is 4.46. The van der Waals surface area contributed by atoms with Gasteiger partial charge in [0.25, 0.3) is 0 Å². The van der Waals surface area contributed by atoms with Crippen molar-refractivity contribution in [3.8, 4) is 5.75 Å². The number of nitrogens with zero attached hydrogens (tertiary/aromatic N) is 1. The van der Waals surface area contributed by atoms with Gasteiger partial charge in [0.2, 0.25) is 5.91 Å². The minimum atomic E-state index is -1.02. The summed E-state index contributed by atoms with van der Waals surface area (Å²) in [7, 11) is 1.57. The van der Waals surface area contributed by atoms with Crippen molar-refractivity contribution in [3.63, 3.8) is 0 Å². The Morgan fingerprint density at radius 1 is 1.32 bits per heavy atom. The number of carbonyl (C=O) groups is 2. The molecule has 0 radical (unpaired) electrons. The lowest BCUT2D eigenvalue weighted by Gasteiger charge is -2.10. The number of carbonyl (C=O) groups excluding carboxylic acids is 1. The number of hydrogen-bond donors (Lipinski definition) is 2. The van der Waals surface area contributed by atoms with Crippen LogP contribution in [-0.4, -0.2) is 29.1 Å². The van der Waals surface area contributed by atoms with E-state index in [2.05, 4.69) is 10.3 Å². The highest BCUT2D eigenvalue weighted by Crippen LogP contribution is 2.26. The number of nitrogens with one attached hydrogen (secondary N) is 1. The van der Waals surface area contributed by atoms with Gasteiger partial charge in [0.05, 0.1) is 18.7 Å². The Morgan fingerprint density at radius 2 is 1.95 bits per heavy atom. The fourth-order valence-corrected chi connectivity index (χ4v) is 2.79. The van der Waals surface area contributed by atoms with E-state index in [0.29, 0.717) is 22.1 Å². The summed E-state index contributed by atoms with van der Waals surface area (Å²) in [6.45, 7) is 3.32. The Hall–Kier alpha value is -2.41. The van der Waals surface area contributed by atoms with Crippen LogP contribution < -0.4 is 10.1 Å². The average Bonchev–Trinajstić information content (AvgIpc) is 2.89. The van der Waals surface area contributed by atoms with E-state index in [1.54, 1.807) is 45.2 Å². The standard InChI is InChI=1S/C15H16N2O4S/c1-8(14-16-9(2)12(22-14)15(19)20)13(18)17-10-4-6-11(21-3)7-5-10/h4-8H,1-3H3,(H,17,18)(H,19,20)/t8-/m0/s1. The quantitative estimate of drug-likeness (QED) is 0.884. The van der Waals surface area contributed by atoms with Crippen LogP contribution in [0, 0.1) is 6.92 Å². The molecule has 0 aliphatic carbocycles. The molecule has 1 aromatic carbocycles. The van der Waals surface area contributed by atoms with Crippen LogP contribution in [0.1, 0.15) is 33.2 Å². The number of carboxylic acids is 1. The maximum absolute atomic E-state index is 12.2. The summed E-state index contributed by atoms with van der Waals surface area (Å²) in [5, 5.41) is 12.3. The molecule has 22 heavy (non-hydrogen) atoms. The zero-order valence-corrected chi connectivity index (χ0v) is 13.2. The van der Waals surface area contributed by atoms with Crippen molar-refractivity contribution in [1.82, 2.24) is 4.98 Å². The van der Waals surface area contributed by atoms with Crippen LogP contribution in [0.15, 0.2) is 24.3 Å². The molecule has 1 atom stereocenters. The molecule has 0 unspecified atom stereocenters. The summed E-state index contributed by atoms with van der Waals surface area (Å²) in [6.07, 6.45) is 0. The highest BCUT2D eigenvalue weighted by atomic mass is 32.1. The second kappa shape index (κ2) is 6.57. The van der Waals surface area contributed by atoms with Crippen molar-refractivity contribution in [2.75, 3.05) is 12.4 Å². The van der Waals surface area contributed by atoms with Gasteiger partial charge in [0, 0.05) is 5.69 Å². The van der Waals surface area contributed by atoms with Gasteiger partial charge in [-0.05, 0) is 38.1 Å². The normalized spacial score (nSPS) is 11.8. The number of rotatable bonds is 5. The predicted molar refractivity (Wildman–Crippen MR) is 83.8 cm³/mol. The molecule has 0 spiro atoms. The van der Waals surface area contributed by atoms with Crippen LogP contribution >= 0.6 is 11.3 Å². The maximum atomic E-state index is 12.2. The summed E-state index contributed by atoms with van der Waals surface area (Å²) in [4.78, 5) is 27.6. The molecule has 116 valence electrons. The summed E-state index contributed by atoms with van der Waals surface area (Å²) in [6, 6.07) is 6.96. The number of amides is 1. The van der Waals surface area contributed by atoms with Gasteiger partial charge in [-0.1, -0.05) is 0 Å². The monoisotopic (exact) mass is 320 g/mol. The lowest BCUT2D eigenvalue weighted by Crippen LogP contribution is -2.18. The van der Waals surface area contributed by atoms with Gasteiger partial charge in [0.1, 0.15) is 15.6 Å². The maximum Gasteiger partial charge on any atom is 0.347 e. The fraction of sp³-hybridized carbons (Fsp3) is 0.267. The van der Waals surface area contributed by atoms with Crippen molar-refractivity contribution >= 4 is 28.9 Å². The van der Waals surface area contributed by atoms with Gasteiger partial charge in [-0.25, -0.2) is 9.78 Å². The van der Waals surface area contributed by atoms with Crippen LogP contribution in [0.5, 0.6) is 5.75 Å². The predicted octanol–water partition coefficient (Wildman–Crippen LogP) is 2.90. The first-order valence-corrected chi connectivity index (χ1v) is 7.39. The van der Waals surface area contributed by atoms with E-state index in [-0.39, 0.29) is 10.8 Å². The number of aromatic carboxylic acids is 1. The van der Waals surface area contributed by atoms with Crippen molar-refractivity contribution in [1.29, 1.82) is 0 Å². The number of thiazole rings is 1. The smallest absolute Gasteiger partial charge is 0.347 e. The molecule has 1 aromatic heterocycles. The third-order valence-electron chi connectivity index (χ3n) is 3.13. The minimum absolute atomic E-state index is 0.166. The van der Waals surface area contributed by atoms with Crippen molar-refractivity contribution in [2.24, 2.45) is 0 Å². The summed E-state index contributed by atoms with van der Waals surface area (Å²) < 4.78 is 5.05. The van der Waals surface area contributed by atoms with Crippen LogP contribution in [0.3, 0.4) is 0 Å². The number of methoxy groups -OCH3 is 1. The molecule has 0 bridgehead atoms. The van der Waals surface area contributed by atoms with E-state index in [1.165, 1.54) is 0 Å². The van der Waals surface area contributed by atoms with E-state index in [0.717, 1.165) is 11.3 Å². The molecular weight excluding hydrogens is 304 g/mol. The van der Waals surface area contributed by atoms with Crippen molar-refractivity contribution in [3.05, 3.63) is 39.8 Å². The molecule has 1 heterocycles. The fourth-order valence-electron chi connectivity index (χ4n) is 1.84. The Kier molecular flexibility index (Phi) is 4.77. The van der Waals surface area contributed by atoms with Crippen LogP contribution in [0.2, 0.25) is 0 Å². The number of hydrogen-bond acceptors (Lipinski definition) is 5. The molecule has 2 rings (SSSR count). The van der Waals surface area contributed by atoms with Gasteiger partial charge in [-0.15, -0.1) is 11.3 Å². The molecule has 0 aliphatic rings. The molecule has 0 aliphatic heterocycles. The van der Waals surface area contributed by atoms with Gasteiger partial charge >= 0.3 is 5.97 Å². The molecule has 0 saturated carbocycles. The SMILES string of the molecule is COc1ccc(NC(=O)[C@H](C)c2nc(C)c(C(=O)O)s2)cc1. The van der Waals surface area contributed by atoms with Crippen molar-refractivity contribution < 1.29 is 19.4 Å². The van der Waals surface area contributed by atoms with Crippen molar-refractivity contribution in [2.45, 2.75) is 19.8 Å².